The van der Waals surface area contributed by atoms with Crippen molar-refractivity contribution in [3.8, 4) is 0 Å². The van der Waals surface area contributed by atoms with E-state index < -0.39 is 0 Å². The maximum Gasteiger partial charge on any atom is 0.127 e. The molecular weight excluding hydrogens is 130 g/mol. The van der Waals surface area contributed by atoms with Crippen molar-refractivity contribution in [2.75, 3.05) is 13.2 Å². The lowest BCUT2D eigenvalue weighted by Crippen LogP contribution is -2.28. The molecule has 0 spiro atoms. The molecule has 3 heteroatoms. The average molecular weight is 141 g/mol. The molecule has 1 fully saturated rings. The second-order valence-corrected chi connectivity index (χ2v) is 3.29. The van der Waals surface area contributed by atoms with Gasteiger partial charge in [0.1, 0.15) is 12.2 Å². The number of fused-ring (bicyclic) bond motifs is 1. The Hall–Kier alpha value is -0.570. The Kier molecular flexibility index (Phi) is 1.06. The minimum Gasteiger partial charge on any atom is -0.395 e. The van der Waals surface area contributed by atoms with Crippen LogP contribution in [0.3, 0.4) is 0 Å². The van der Waals surface area contributed by atoms with Gasteiger partial charge < -0.3 is 9.57 Å². The van der Waals surface area contributed by atoms with Crippen LogP contribution < -0.4 is 0 Å². The SMILES string of the molecule is CC1(C)OCC2CON=C21. The molecule has 0 radical (unpaired) electrons. The summed E-state index contributed by atoms with van der Waals surface area (Å²) in [6, 6.07) is 0. The van der Waals surface area contributed by atoms with Gasteiger partial charge in [-0.25, -0.2) is 0 Å². The van der Waals surface area contributed by atoms with Gasteiger partial charge in [-0.2, -0.15) is 0 Å². The van der Waals surface area contributed by atoms with E-state index >= 15 is 0 Å². The Bertz CT molecular complexity index is 186. The second-order valence-electron chi connectivity index (χ2n) is 3.29. The molecule has 0 aromatic heterocycles. The molecule has 0 N–H and O–H groups in total. The fraction of sp³-hybridized carbons (Fsp3) is 0.857. The van der Waals surface area contributed by atoms with Crippen LogP contribution >= 0.6 is 0 Å². The van der Waals surface area contributed by atoms with E-state index in [0.717, 1.165) is 12.3 Å². The van der Waals surface area contributed by atoms with Crippen LogP contribution in [0.25, 0.3) is 0 Å². The monoisotopic (exact) mass is 141 g/mol. The highest BCUT2D eigenvalue weighted by Crippen LogP contribution is 2.30. The van der Waals surface area contributed by atoms with Crippen LogP contribution in [0.15, 0.2) is 5.16 Å². The molecule has 0 saturated carbocycles. The molecule has 0 bridgehead atoms. The normalized spacial score (nSPS) is 35.0. The third-order valence-corrected chi connectivity index (χ3v) is 2.09. The minimum atomic E-state index is -0.179. The summed E-state index contributed by atoms with van der Waals surface area (Å²) in [4.78, 5) is 4.96. The molecule has 56 valence electrons. The van der Waals surface area contributed by atoms with Gasteiger partial charge in [-0.3, -0.25) is 0 Å². The van der Waals surface area contributed by atoms with E-state index in [2.05, 4.69) is 5.16 Å². The number of rotatable bonds is 0. The molecule has 0 aromatic carbocycles. The fourth-order valence-corrected chi connectivity index (χ4v) is 1.46. The highest BCUT2D eigenvalue weighted by Gasteiger charge is 2.43. The number of nitrogens with zero attached hydrogens (tertiary/aromatic N) is 1. The highest BCUT2D eigenvalue weighted by molar-refractivity contribution is 5.96. The molecule has 0 aliphatic carbocycles. The average Bonchev–Trinajstić information content (AvgIpc) is 2.36. The third-order valence-electron chi connectivity index (χ3n) is 2.09. The van der Waals surface area contributed by atoms with Gasteiger partial charge >= 0.3 is 0 Å². The van der Waals surface area contributed by atoms with Crippen LogP contribution in [-0.2, 0) is 9.57 Å². The highest BCUT2D eigenvalue weighted by atomic mass is 16.6. The molecule has 3 nitrogen and oxygen atoms in total. The first-order valence-corrected chi connectivity index (χ1v) is 3.54. The summed E-state index contributed by atoms with van der Waals surface area (Å²) < 4.78 is 5.50. The smallest absolute Gasteiger partial charge is 0.127 e. The summed E-state index contributed by atoms with van der Waals surface area (Å²) in [5.74, 6) is 0.426. The van der Waals surface area contributed by atoms with Gasteiger partial charge in [-0.05, 0) is 13.8 Å². The second kappa shape index (κ2) is 1.72. The van der Waals surface area contributed by atoms with Crippen molar-refractivity contribution in [1.29, 1.82) is 0 Å². The van der Waals surface area contributed by atoms with E-state index in [1.807, 2.05) is 13.8 Å². The molecule has 2 heterocycles. The molecule has 0 amide bonds. The number of oxime groups is 1. The van der Waals surface area contributed by atoms with Gasteiger partial charge in [-0.1, -0.05) is 5.16 Å². The lowest BCUT2D eigenvalue weighted by Gasteiger charge is -2.15. The molecule has 0 aromatic rings. The summed E-state index contributed by atoms with van der Waals surface area (Å²) in [6.07, 6.45) is 0. The topological polar surface area (TPSA) is 30.8 Å². The van der Waals surface area contributed by atoms with Crippen molar-refractivity contribution in [3.05, 3.63) is 0 Å². The Morgan fingerprint density at radius 1 is 1.50 bits per heavy atom. The van der Waals surface area contributed by atoms with Gasteiger partial charge in [0.2, 0.25) is 0 Å². The summed E-state index contributed by atoms with van der Waals surface area (Å²) in [6.45, 7) is 5.53. The first kappa shape index (κ1) is 6.16. The molecule has 1 atom stereocenters. The molecular formula is C7H11NO2. The number of ether oxygens (including phenoxy) is 1. The number of hydrogen-bond donors (Lipinski definition) is 0. The van der Waals surface area contributed by atoms with Crippen LogP contribution in [0.4, 0.5) is 0 Å². The van der Waals surface area contributed by atoms with Crippen molar-refractivity contribution in [1.82, 2.24) is 0 Å². The Labute approximate surface area is 60.0 Å². The van der Waals surface area contributed by atoms with E-state index in [-0.39, 0.29) is 5.60 Å². The summed E-state index contributed by atoms with van der Waals surface area (Å²) >= 11 is 0. The zero-order chi connectivity index (χ0) is 7.19. The van der Waals surface area contributed by atoms with Crippen molar-refractivity contribution in [2.45, 2.75) is 19.4 Å². The van der Waals surface area contributed by atoms with Gasteiger partial charge in [-0.15, -0.1) is 0 Å². The van der Waals surface area contributed by atoms with Crippen molar-refractivity contribution in [3.63, 3.8) is 0 Å². The van der Waals surface area contributed by atoms with Gasteiger partial charge in [0.25, 0.3) is 0 Å². The van der Waals surface area contributed by atoms with Crippen LogP contribution in [0.1, 0.15) is 13.8 Å². The Balaban J connectivity index is 2.30. The van der Waals surface area contributed by atoms with Crippen molar-refractivity contribution >= 4 is 5.71 Å². The van der Waals surface area contributed by atoms with E-state index in [0.29, 0.717) is 12.5 Å². The van der Waals surface area contributed by atoms with Crippen LogP contribution in [0.2, 0.25) is 0 Å². The van der Waals surface area contributed by atoms with Gasteiger partial charge in [0.05, 0.1) is 18.2 Å². The van der Waals surface area contributed by atoms with Crippen LogP contribution in [0.5, 0.6) is 0 Å². The van der Waals surface area contributed by atoms with Crippen molar-refractivity contribution in [2.24, 2.45) is 11.1 Å². The van der Waals surface area contributed by atoms with E-state index in [1.165, 1.54) is 0 Å². The quantitative estimate of drug-likeness (QED) is 0.499. The predicted molar refractivity (Wildman–Crippen MR) is 36.9 cm³/mol. The standard InChI is InChI=1S/C7H11NO2/c1-7(2)6-5(3-9-7)4-10-8-6/h5H,3-4H2,1-2H3. The molecule has 1 saturated heterocycles. The number of hydrogen-bond acceptors (Lipinski definition) is 3. The molecule has 1 unspecified atom stereocenters. The predicted octanol–water partition coefficient (Wildman–Crippen LogP) is 0.798. The van der Waals surface area contributed by atoms with E-state index in [4.69, 9.17) is 9.57 Å². The largest absolute Gasteiger partial charge is 0.395 e. The lowest BCUT2D eigenvalue weighted by atomic mass is 9.96. The van der Waals surface area contributed by atoms with E-state index in [9.17, 15) is 0 Å². The Morgan fingerprint density at radius 3 is 3.00 bits per heavy atom. The van der Waals surface area contributed by atoms with Crippen molar-refractivity contribution < 1.29 is 9.57 Å². The molecule has 2 aliphatic rings. The van der Waals surface area contributed by atoms with E-state index in [1.54, 1.807) is 0 Å². The minimum absolute atomic E-state index is 0.179. The van der Waals surface area contributed by atoms with Gasteiger partial charge in [0, 0.05) is 0 Å². The zero-order valence-corrected chi connectivity index (χ0v) is 6.26. The van der Waals surface area contributed by atoms with Gasteiger partial charge in [0.15, 0.2) is 0 Å². The summed E-state index contributed by atoms with van der Waals surface area (Å²) in [7, 11) is 0. The molecule has 2 rings (SSSR count). The molecule has 2 aliphatic heterocycles. The lowest BCUT2D eigenvalue weighted by molar-refractivity contribution is 0.0367. The summed E-state index contributed by atoms with van der Waals surface area (Å²) in [5, 5.41) is 3.94. The summed E-state index contributed by atoms with van der Waals surface area (Å²) in [5.41, 5.74) is 0.897. The molecule has 10 heavy (non-hydrogen) atoms. The third kappa shape index (κ3) is 0.669. The van der Waals surface area contributed by atoms with Crippen LogP contribution in [0, 0.1) is 5.92 Å². The fourth-order valence-electron chi connectivity index (χ4n) is 1.46. The zero-order valence-electron chi connectivity index (χ0n) is 6.26. The maximum absolute atomic E-state index is 5.50. The first-order chi connectivity index (χ1) is 4.70. The first-order valence-electron chi connectivity index (χ1n) is 3.54. The Morgan fingerprint density at radius 2 is 2.30 bits per heavy atom. The van der Waals surface area contributed by atoms with Crippen LogP contribution in [-0.4, -0.2) is 24.5 Å². The maximum atomic E-state index is 5.50.